The first-order valence-electron chi connectivity index (χ1n) is 13.9. The number of rotatable bonds is 11. The molecule has 10 heteroatoms. The van der Waals surface area contributed by atoms with Crippen LogP contribution in [-0.2, 0) is 14.3 Å². The van der Waals surface area contributed by atoms with Gasteiger partial charge in [-0.3, -0.25) is 4.79 Å². The van der Waals surface area contributed by atoms with Gasteiger partial charge in [-0.05, 0) is 80.0 Å². The molecule has 218 valence electrons. The molecule has 0 bridgehead atoms. The number of amides is 2. The fourth-order valence-electron chi connectivity index (χ4n) is 4.91. The summed E-state index contributed by atoms with van der Waals surface area (Å²) < 4.78 is 11.2. The molecule has 1 atom stereocenters. The molecule has 2 N–H and O–H groups in total. The third kappa shape index (κ3) is 7.89. The topological polar surface area (TPSA) is 142 Å². The maximum Gasteiger partial charge on any atom is 0.407 e. The lowest BCUT2D eigenvalue weighted by molar-refractivity contribution is -0.157. The average molecular weight is 570 g/mol. The second-order valence-electron chi connectivity index (χ2n) is 11.0. The lowest BCUT2D eigenvalue weighted by atomic mass is 9.98. The number of ether oxygens (including phenoxy) is 2. The molecule has 0 radical (unpaired) electrons. The summed E-state index contributed by atoms with van der Waals surface area (Å²) in [6, 6.07) is 21.5. The first-order valence-corrected chi connectivity index (χ1v) is 13.9. The molecule has 3 aromatic carbocycles. The second kappa shape index (κ2) is 13.7. The lowest BCUT2D eigenvalue weighted by Crippen LogP contribution is -2.44. The number of hydrogen-bond acceptors (Lipinski definition) is 6. The monoisotopic (exact) mass is 569 g/mol. The van der Waals surface area contributed by atoms with Crippen molar-refractivity contribution in [3.05, 3.63) is 99.9 Å². The van der Waals surface area contributed by atoms with Crippen molar-refractivity contribution < 1.29 is 23.9 Å². The minimum atomic E-state index is -0.899. The number of azide groups is 1. The van der Waals surface area contributed by atoms with Gasteiger partial charge < -0.3 is 20.1 Å². The number of nitrogens with one attached hydrogen (secondary N) is 2. The molecule has 0 aromatic heterocycles. The maximum absolute atomic E-state index is 12.9. The third-order valence-corrected chi connectivity index (χ3v) is 6.82. The van der Waals surface area contributed by atoms with E-state index in [1.165, 1.54) is 0 Å². The van der Waals surface area contributed by atoms with Crippen LogP contribution in [-0.4, -0.2) is 42.8 Å². The Hall–Kier alpha value is -4.82. The fourth-order valence-corrected chi connectivity index (χ4v) is 4.91. The van der Waals surface area contributed by atoms with Crippen molar-refractivity contribution in [1.82, 2.24) is 10.6 Å². The Morgan fingerprint density at radius 2 is 1.55 bits per heavy atom. The van der Waals surface area contributed by atoms with E-state index in [-0.39, 0.29) is 18.4 Å². The molecule has 10 nitrogen and oxygen atoms in total. The average Bonchev–Trinajstić information content (AvgIpc) is 3.28. The summed E-state index contributed by atoms with van der Waals surface area (Å²) >= 11 is 0. The molecular formula is C32H35N5O5. The quantitative estimate of drug-likeness (QED) is 0.0860. The number of unbranched alkanes of at least 4 members (excludes halogenated alkanes) is 1. The number of carbonyl (C=O) groups is 3. The number of fused-ring (bicyclic) bond motifs is 3. The Morgan fingerprint density at radius 3 is 2.14 bits per heavy atom. The van der Waals surface area contributed by atoms with Crippen molar-refractivity contribution in [1.29, 1.82) is 0 Å². The molecule has 0 unspecified atom stereocenters. The highest BCUT2D eigenvalue weighted by Gasteiger charge is 2.31. The number of nitrogens with zero attached hydrogens (tertiary/aromatic N) is 3. The smallest absolute Gasteiger partial charge is 0.407 e. The number of alkyl carbamates (subject to hydrolysis) is 1. The van der Waals surface area contributed by atoms with Gasteiger partial charge in [0, 0.05) is 28.6 Å². The van der Waals surface area contributed by atoms with E-state index >= 15 is 0 Å². The van der Waals surface area contributed by atoms with Crippen molar-refractivity contribution in [2.45, 2.75) is 57.6 Å². The van der Waals surface area contributed by atoms with Crippen molar-refractivity contribution in [3.8, 4) is 11.1 Å². The standard InChI is InChI=1S/C32H35N5O5/c1-32(2,3)42-30(39)28(14-8-9-19-34-29(38)21-15-17-22(18-16-21)36-37-33)35-31(40)41-20-27-25-12-6-4-10-23(25)24-11-5-7-13-26(24)27/h4-7,10-13,15-18,27-28H,8-9,14,19-20H2,1-3H3,(H,34,38)(H,35,40)/t28-/m0/s1. The molecule has 0 heterocycles. The summed E-state index contributed by atoms with van der Waals surface area (Å²) in [5.41, 5.74) is 13.1. The zero-order valence-electron chi connectivity index (χ0n) is 24.0. The Kier molecular flexibility index (Phi) is 9.83. The van der Waals surface area contributed by atoms with Gasteiger partial charge in [0.15, 0.2) is 0 Å². The highest BCUT2D eigenvalue weighted by molar-refractivity contribution is 5.94. The van der Waals surface area contributed by atoms with E-state index in [9.17, 15) is 14.4 Å². The molecule has 1 aliphatic carbocycles. The lowest BCUT2D eigenvalue weighted by Gasteiger charge is -2.24. The van der Waals surface area contributed by atoms with Crippen molar-refractivity contribution >= 4 is 23.7 Å². The summed E-state index contributed by atoms with van der Waals surface area (Å²) in [4.78, 5) is 40.9. The highest BCUT2D eigenvalue weighted by atomic mass is 16.6. The molecule has 0 fully saturated rings. The molecule has 1 aliphatic rings. The van der Waals surface area contributed by atoms with Crippen molar-refractivity contribution in [2.75, 3.05) is 13.2 Å². The predicted molar refractivity (Wildman–Crippen MR) is 159 cm³/mol. The number of esters is 1. The molecule has 2 amide bonds. The maximum atomic E-state index is 12.9. The van der Waals surface area contributed by atoms with Crippen LogP contribution in [0.1, 0.15) is 67.4 Å². The largest absolute Gasteiger partial charge is 0.458 e. The van der Waals surface area contributed by atoms with Gasteiger partial charge in [-0.2, -0.15) is 0 Å². The van der Waals surface area contributed by atoms with Crippen LogP contribution in [0, 0.1) is 0 Å². The van der Waals surface area contributed by atoms with E-state index in [2.05, 4.69) is 32.8 Å². The van der Waals surface area contributed by atoms with Gasteiger partial charge in [0.2, 0.25) is 0 Å². The van der Waals surface area contributed by atoms with Gasteiger partial charge in [0.05, 0.1) is 0 Å². The summed E-state index contributed by atoms with van der Waals surface area (Å²) in [5.74, 6) is -0.898. The number of hydrogen-bond donors (Lipinski definition) is 2. The Bertz CT molecular complexity index is 1430. The summed E-state index contributed by atoms with van der Waals surface area (Å²) in [5, 5.41) is 9.01. The van der Waals surface area contributed by atoms with E-state index in [4.69, 9.17) is 15.0 Å². The van der Waals surface area contributed by atoms with Gasteiger partial charge in [-0.1, -0.05) is 65.8 Å². The SMILES string of the molecule is CC(C)(C)OC(=O)[C@H](CCCCNC(=O)c1ccc(N=[N+]=[N-])cc1)NC(=O)OCC1c2ccccc2-c2ccccc21. The van der Waals surface area contributed by atoms with E-state index in [1.807, 2.05) is 36.4 Å². The van der Waals surface area contributed by atoms with Gasteiger partial charge in [0.1, 0.15) is 18.2 Å². The zero-order valence-corrected chi connectivity index (χ0v) is 24.0. The molecule has 0 saturated heterocycles. The van der Waals surface area contributed by atoms with Gasteiger partial charge >= 0.3 is 12.1 Å². The first-order chi connectivity index (χ1) is 20.2. The summed E-state index contributed by atoms with van der Waals surface area (Å²) in [6.07, 6.45) is 0.749. The molecular weight excluding hydrogens is 534 g/mol. The van der Waals surface area contributed by atoms with Crippen LogP contribution in [0.15, 0.2) is 77.9 Å². The molecule has 0 saturated carbocycles. The fraction of sp³-hybridized carbons (Fsp3) is 0.344. The first kappa shape index (κ1) is 30.1. The van der Waals surface area contributed by atoms with Gasteiger partial charge in [0.25, 0.3) is 5.91 Å². The van der Waals surface area contributed by atoms with E-state index in [1.54, 1.807) is 45.0 Å². The Morgan fingerprint density at radius 1 is 0.929 bits per heavy atom. The van der Waals surface area contributed by atoms with Crippen molar-refractivity contribution in [2.24, 2.45) is 5.11 Å². The highest BCUT2D eigenvalue weighted by Crippen LogP contribution is 2.44. The Labute approximate surface area is 245 Å². The van der Waals surface area contributed by atoms with Crippen LogP contribution in [0.25, 0.3) is 21.6 Å². The van der Waals surface area contributed by atoms with E-state index in [0.717, 1.165) is 22.3 Å². The predicted octanol–water partition coefficient (Wildman–Crippen LogP) is 6.78. The summed E-state index contributed by atoms with van der Waals surface area (Å²) in [7, 11) is 0. The van der Waals surface area contributed by atoms with Crippen molar-refractivity contribution in [3.63, 3.8) is 0 Å². The minimum absolute atomic E-state index is 0.0954. The number of carbonyl (C=O) groups excluding carboxylic acids is 3. The molecule has 3 aromatic rings. The number of benzene rings is 3. The van der Waals surface area contributed by atoms with E-state index < -0.39 is 23.7 Å². The van der Waals surface area contributed by atoms with Crippen LogP contribution < -0.4 is 10.6 Å². The van der Waals surface area contributed by atoms with Crippen LogP contribution >= 0.6 is 0 Å². The molecule has 42 heavy (non-hydrogen) atoms. The van der Waals surface area contributed by atoms with Crippen LogP contribution in [0.5, 0.6) is 0 Å². The second-order valence-corrected chi connectivity index (χ2v) is 11.0. The minimum Gasteiger partial charge on any atom is -0.458 e. The van der Waals surface area contributed by atoms with E-state index in [0.29, 0.717) is 37.1 Å². The van der Waals surface area contributed by atoms with Gasteiger partial charge in [-0.25, -0.2) is 9.59 Å². The Balaban J connectivity index is 1.30. The molecule has 4 rings (SSSR count). The normalized spacial score (nSPS) is 12.7. The van der Waals surface area contributed by atoms with Gasteiger partial charge in [-0.15, -0.1) is 0 Å². The summed E-state index contributed by atoms with van der Waals surface area (Å²) in [6.45, 7) is 5.82. The van der Waals surface area contributed by atoms with Crippen LogP contribution in [0.3, 0.4) is 0 Å². The zero-order chi connectivity index (χ0) is 30.1. The van der Waals surface area contributed by atoms with Crippen LogP contribution in [0.4, 0.5) is 10.5 Å². The molecule has 0 aliphatic heterocycles. The molecule has 0 spiro atoms. The van der Waals surface area contributed by atoms with Crippen LogP contribution in [0.2, 0.25) is 0 Å². The third-order valence-electron chi connectivity index (χ3n) is 6.82.